The van der Waals surface area contributed by atoms with Crippen molar-refractivity contribution in [2.75, 3.05) is 13.2 Å². The van der Waals surface area contributed by atoms with Crippen LogP contribution in [0.2, 0.25) is 0 Å². The van der Waals surface area contributed by atoms with E-state index in [1.54, 1.807) is 0 Å². The molecule has 0 unspecified atom stereocenters. The Morgan fingerprint density at radius 2 is 2.43 bits per heavy atom. The largest absolute Gasteiger partial charge is 0.394 e. The number of halogens is 1. The van der Waals surface area contributed by atoms with Gasteiger partial charge in [0.25, 0.3) is 5.91 Å². The summed E-state index contributed by atoms with van der Waals surface area (Å²) in [4.78, 5) is 14.4. The second-order valence-corrected chi connectivity index (χ2v) is 3.04. The van der Waals surface area contributed by atoms with E-state index in [-0.39, 0.29) is 25.8 Å². The standard InChI is InChI=1S/C6H9BrN4O3/c7-6-9-5(4(8)13)10-11(6)3-14-2-1-12/h12H,1-3H2,(H2,8,13). The van der Waals surface area contributed by atoms with Gasteiger partial charge in [-0.2, -0.15) is 4.98 Å². The summed E-state index contributed by atoms with van der Waals surface area (Å²) in [5, 5.41) is 12.2. The second-order valence-electron chi connectivity index (χ2n) is 2.33. The average molecular weight is 265 g/mol. The van der Waals surface area contributed by atoms with Crippen LogP contribution < -0.4 is 5.73 Å². The van der Waals surface area contributed by atoms with Gasteiger partial charge in [-0.25, -0.2) is 4.68 Å². The molecule has 0 saturated carbocycles. The van der Waals surface area contributed by atoms with E-state index < -0.39 is 5.91 Å². The van der Waals surface area contributed by atoms with E-state index in [0.717, 1.165) is 0 Å². The summed E-state index contributed by atoms with van der Waals surface area (Å²) in [6, 6.07) is 0. The third-order valence-corrected chi connectivity index (χ3v) is 1.88. The molecule has 14 heavy (non-hydrogen) atoms. The van der Waals surface area contributed by atoms with Crippen LogP contribution in [0.15, 0.2) is 4.73 Å². The van der Waals surface area contributed by atoms with Gasteiger partial charge >= 0.3 is 0 Å². The molecule has 0 aliphatic rings. The maximum Gasteiger partial charge on any atom is 0.288 e. The molecule has 1 aromatic rings. The normalized spacial score (nSPS) is 10.4. The lowest BCUT2D eigenvalue weighted by Crippen LogP contribution is -2.14. The number of ether oxygens (including phenoxy) is 1. The fourth-order valence-electron chi connectivity index (χ4n) is 0.725. The van der Waals surface area contributed by atoms with Crippen molar-refractivity contribution < 1.29 is 14.6 Å². The van der Waals surface area contributed by atoms with Gasteiger partial charge in [0.2, 0.25) is 5.82 Å². The first-order chi connectivity index (χ1) is 6.65. The zero-order valence-electron chi connectivity index (χ0n) is 7.18. The van der Waals surface area contributed by atoms with Crippen LogP contribution in [0.1, 0.15) is 10.6 Å². The van der Waals surface area contributed by atoms with Crippen LogP contribution in [-0.4, -0.2) is 39.0 Å². The van der Waals surface area contributed by atoms with Crippen molar-refractivity contribution in [1.29, 1.82) is 0 Å². The lowest BCUT2D eigenvalue weighted by molar-refractivity contribution is 0.0403. The second kappa shape index (κ2) is 5.03. The van der Waals surface area contributed by atoms with Gasteiger partial charge in [-0.3, -0.25) is 4.79 Å². The van der Waals surface area contributed by atoms with Crippen molar-refractivity contribution in [2.45, 2.75) is 6.73 Å². The molecular formula is C6H9BrN4O3. The molecule has 8 heteroatoms. The van der Waals surface area contributed by atoms with E-state index in [2.05, 4.69) is 26.0 Å². The molecule has 1 heterocycles. The molecule has 0 bridgehead atoms. The molecule has 0 spiro atoms. The van der Waals surface area contributed by atoms with E-state index >= 15 is 0 Å². The Balaban J connectivity index is 2.63. The number of aromatic nitrogens is 3. The average Bonchev–Trinajstić information content (AvgIpc) is 2.49. The summed E-state index contributed by atoms with van der Waals surface area (Å²) in [7, 11) is 0. The van der Waals surface area contributed by atoms with Crippen molar-refractivity contribution in [2.24, 2.45) is 5.73 Å². The highest BCUT2D eigenvalue weighted by Crippen LogP contribution is 2.06. The fraction of sp³-hybridized carbons (Fsp3) is 0.500. The van der Waals surface area contributed by atoms with Crippen molar-refractivity contribution >= 4 is 21.8 Å². The topological polar surface area (TPSA) is 103 Å². The molecule has 1 amide bonds. The minimum atomic E-state index is -0.702. The number of aliphatic hydroxyl groups excluding tert-OH is 1. The molecule has 0 saturated heterocycles. The Bertz CT molecular complexity index is 327. The van der Waals surface area contributed by atoms with E-state index in [9.17, 15) is 4.79 Å². The molecule has 0 radical (unpaired) electrons. The lowest BCUT2D eigenvalue weighted by atomic mass is 10.6. The number of carbonyl (C=O) groups is 1. The highest BCUT2D eigenvalue weighted by Gasteiger charge is 2.11. The highest BCUT2D eigenvalue weighted by atomic mass is 79.9. The van der Waals surface area contributed by atoms with E-state index in [4.69, 9.17) is 15.6 Å². The van der Waals surface area contributed by atoms with Crippen LogP contribution in [0.25, 0.3) is 0 Å². The van der Waals surface area contributed by atoms with Crippen molar-refractivity contribution in [3.8, 4) is 0 Å². The zero-order chi connectivity index (χ0) is 10.6. The first-order valence-corrected chi connectivity index (χ1v) is 4.53. The van der Waals surface area contributed by atoms with Gasteiger partial charge in [0, 0.05) is 0 Å². The number of aliphatic hydroxyl groups is 1. The summed E-state index contributed by atoms with van der Waals surface area (Å²) in [6.45, 7) is 0.217. The molecule has 1 rings (SSSR count). The molecule has 7 nitrogen and oxygen atoms in total. The number of primary amides is 1. The van der Waals surface area contributed by atoms with Crippen molar-refractivity contribution in [3.05, 3.63) is 10.6 Å². The molecule has 1 aromatic heterocycles. The smallest absolute Gasteiger partial charge is 0.288 e. The van der Waals surface area contributed by atoms with Gasteiger partial charge in [0.15, 0.2) is 4.73 Å². The maximum atomic E-state index is 10.7. The molecule has 0 atom stereocenters. The van der Waals surface area contributed by atoms with Gasteiger partial charge in [-0.15, -0.1) is 5.10 Å². The van der Waals surface area contributed by atoms with Crippen LogP contribution in [0.5, 0.6) is 0 Å². The third-order valence-electron chi connectivity index (χ3n) is 1.30. The monoisotopic (exact) mass is 264 g/mol. The predicted octanol–water partition coefficient (Wildman–Crippen LogP) is -0.894. The SMILES string of the molecule is NC(=O)c1nc(Br)n(COCCO)n1. The Morgan fingerprint density at radius 3 is 2.93 bits per heavy atom. The summed E-state index contributed by atoms with van der Waals surface area (Å²) in [5.74, 6) is -0.781. The molecular weight excluding hydrogens is 256 g/mol. The minimum absolute atomic E-state index is 0.0744. The van der Waals surface area contributed by atoms with Crippen molar-refractivity contribution in [3.63, 3.8) is 0 Å². The number of nitrogens with zero attached hydrogens (tertiary/aromatic N) is 3. The molecule has 3 N–H and O–H groups in total. The quantitative estimate of drug-likeness (QED) is 0.672. The fourth-order valence-corrected chi connectivity index (χ4v) is 1.07. The van der Waals surface area contributed by atoms with E-state index in [0.29, 0.717) is 4.73 Å². The Kier molecular flexibility index (Phi) is 3.98. The number of amides is 1. The summed E-state index contributed by atoms with van der Waals surface area (Å²) in [5.41, 5.74) is 4.97. The lowest BCUT2D eigenvalue weighted by Gasteiger charge is -2.01. The zero-order valence-corrected chi connectivity index (χ0v) is 8.77. The van der Waals surface area contributed by atoms with Gasteiger partial charge in [0.1, 0.15) is 6.73 Å². The van der Waals surface area contributed by atoms with Crippen LogP contribution in [-0.2, 0) is 11.5 Å². The number of nitrogens with two attached hydrogens (primary N) is 1. The molecule has 0 aliphatic carbocycles. The van der Waals surface area contributed by atoms with Gasteiger partial charge in [-0.1, -0.05) is 0 Å². The predicted molar refractivity (Wildman–Crippen MR) is 49.3 cm³/mol. The van der Waals surface area contributed by atoms with Crippen molar-refractivity contribution in [1.82, 2.24) is 14.8 Å². The summed E-state index contributed by atoms with van der Waals surface area (Å²) in [6.07, 6.45) is 0. The molecule has 0 aromatic carbocycles. The number of rotatable bonds is 5. The molecule has 78 valence electrons. The van der Waals surface area contributed by atoms with Gasteiger partial charge < -0.3 is 15.6 Å². The highest BCUT2D eigenvalue weighted by molar-refractivity contribution is 9.10. The Hall–Kier alpha value is -0.990. The summed E-state index contributed by atoms with van der Waals surface area (Å²) < 4.78 is 6.64. The van der Waals surface area contributed by atoms with Crippen LogP contribution >= 0.6 is 15.9 Å². The van der Waals surface area contributed by atoms with Crippen LogP contribution in [0.3, 0.4) is 0 Å². The maximum absolute atomic E-state index is 10.7. The van der Waals surface area contributed by atoms with Crippen LogP contribution in [0.4, 0.5) is 0 Å². The van der Waals surface area contributed by atoms with E-state index in [1.807, 2.05) is 0 Å². The first-order valence-electron chi connectivity index (χ1n) is 3.74. The van der Waals surface area contributed by atoms with Gasteiger partial charge in [0.05, 0.1) is 13.2 Å². The Labute approximate surface area is 88.0 Å². The van der Waals surface area contributed by atoms with Crippen LogP contribution in [0, 0.1) is 0 Å². The van der Waals surface area contributed by atoms with Gasteiger partial charge in [-0.05, 0) is 15.9 Å². The summed E-state index contributed by atoms with van der Waals surface area (Å²) >= 11 is 3.08. The number of hydrogen-bond donors (Lipinski definition) is 2. The minimum Gasteiger partial charge on any atom is -0.394 e. The number of hydrogen-bond acceptors (Lipinski definition) is 5. The molecule has 0 fully saturated rings. The van der Waals surface area contributed by atoms with E-state index in [1.165, 1.54) is 4.68 Å². The Morgan fingerprint density at radius 1 is 1.71 bits per heavy atom. The third kappa shape index (κ3) is 2.76. The first kappa shape index (κ1) is 11.1. The molecule has 0 aliphatic heterocycles. The number of carbonyl (C=O) groups excluding carboxylic acids is 1.